The highest BCUT2D eigenvalue weighted by atomic mass is 35.5. The molecule has 0 saturated carbocycles. The molecule has 0 saturated heterocycles. The topological polar surface area (TPSA) is 59.0 Å². The molecule has 2 aromatic carbocycles. The van der Waals surface area contributed by atoms with Gasteiger partial charge >= 0.3 is 6.09 Å². The summed E-state index contributed by atoms with van der Waals surface area (Å²) in [4.78, 5) is 12.5. The molecule has 0 aliphatic rings. The second-order valence-electron chi connectivity index (χ2n) is 6.27. The largest absolute Gasteiger partial charge is 0.490 e. The summed E-state index contributed by atoms with van der Waals surface area (Å²) in [5.74, 6) is -0.661. The second-order valence-corrected chi connectivity index (χ2v) is 6.68. The number of carbonyl (C=O) groups is 1. The first-order valence-corrected chi connectivity index (χ1v) is 8.66. The molecule has 0 bridgehead atoms. The first-order valence-electron chi connectivity index (χ1n) is 8.28. The SMILES string of the molecule is CC(C)CN(CCOc1ccc(Oc2cc(F)cc(F)c2)cc1Cl)C(=O)O. The Morgan fingerprint density at radius 2 is 1.81 bits per heavy atom. The van der Waals surface area contributed by atoms with Gasteiger partial charge in [0.2, 0.25) is 0 Å². The Morgan fingerprint density at radius 1 is 1.15 bits per heavy atom. The molecule has 27 heavy (non-hydrogen) atoms. The Balaban J connectivity index is 1.96. The lowest BCUT2D eigenvalue weighted by atomic mass is 10.2. The number of ether oxygens (including phenoxy) is 2. The quantitative estimate of drug-likeness (QED) is 0.643. The lowest BCUT2D eigenvalue weighted by Crippen LogP contribution is -2.36. The second kappa shape index (κ2) is 9.41. The van der Waals surface area contributed by atoms with Gasteiger partial charge in [0.1, 0.15) is 35.5 Å². The number of rotatable bonds is 8. The molecule has 0 aromatic heterocycles. The number of halogens is 3. The van der Waals surface area contributed by atoms with Gasteiger partial charge in [0.25, 0.3) is 0 Å². The molecule has 1 N–H and O–H groups in total. The van der Waals surface area contributed by atoms with Crippen molar-refractivity contribution in [3.05, 3.63) is 53.1 Å². The van der Waals surface area contributed by atoms with Gasteiger partial charge in [0, 0.05) is 30.8 Å². The van der Waals surface area contributed by atoms with Crippen LogP contribution in [-0.4, -0.2) is 35.8 Å². The third kappa shape index (κ3) is 6.60. The van der Waals surface area contributed by atoms with E-state index in [0.717, 1.165) is 18.2 Å². The van der Waals surface area contributed by atoms with E-state index in [2.05, 4.69) is 0 Å². The van der Waals surface area contributed by atoms with E-state index < -0.39 is 17.7 Å². The van der Waals surface area contributed by atoms with Crippen LogP contribution >= 0.6 is 11.6 Å². The molecular weight excluding hydrogens is 380 g/mol. The average Bonchev–Trinajstić information content (AvgIpc) is 2.54. The molecule has 0 spiro atoms. The Labute approximate surface area is 161 Å². The lowest BCUT2D eigenvalue weighted by molar-refractivity contribution is 0.129. The highest BCUT2D eigenvalue weighted by molar-refractivity contribution is 6.32. The molecule has 0 heterocycles. The molecule has 8 heteroatoms. The van der Waals surface area contributed by atoms with Crippen molar-refractivity contribution >= 4 is 17.7 Å². The van der Waals surface area contributed by atoms with Gasteiger partial charge in [0.15, 0.2) is 0 Å². The summed E-state index contributed by atoms with van der Waals surface area (Å²) in [6.45, 7) is 4.59. The van der Waals surface area contributed by atoms with Gasteiger partial charge in [-0.25, -0.2) is 13.6 Å². The van der Waals surface area contributed by atoms with Gasteiger partial charge < -0.3 is 19.5 Å². The fourth-order valence-corrected chi connectivity index (χ4v) is 2.58. The molecule has 5 nitrogen and oxygen atoms in total. The van der Waals surface area contributed by atoms with Crippen LogP contribution in [0.15, 0.2) is 36.4 Å². The van der Waals surface area contributed by atoms with E-state index in [1.165, 1.54) is 17.0 Å². The van der Waals surface area contributed by atoms with E-state index in [9.17, 15) is 13.6 Å². The first kappa shape index (κ1) is 20.8. The van der Waals surface area contributed by atoms with Crippen molar-refractivity contribution in [3.63, 3.8) is 0 Å². The highest BCUT2D eigenvalue weighted by Crippen LogP contribution is 2.31. The van der Waals surface area contributed by atoms with Crippen molar-refractivity contribution < 1.29 is 28.2 Å². The summed E-state index contributed by atoms with van der Waals surface area (Å²) >= 11 is 6.14. The van der Waals surface area contributed by atoms with Gasteiger partial charge in [-0.2, -0.15) is 0 Å². The Kier molecular flexibility index (Phi) is 7.24. The molecule has 0 atom stereocenters. The zero-order valence-electron chi connectivity index (χ0n) is 14.9. The van der Waals surface area contributed by atoms with E-state index >= 15 is 0 Å². The van der Waals surface area contributed by atoms with Gasteiger partial charge in [-0.05, 0) is 18.1 Å². The lowest BCUT2D eigenvalue weighted by Gasteiger charge is -2.21. The number of nitrogens with zero attached hydrogens (tertiary/aromatic N) is 1. The average molecular weight is 400 g/mol. The number of amides is 1. The molecular formula is C19H20ClF2NO4. The van der Waals surface area contributed by atoms with E-state index in [-0.39, 0.29) is 35.6 Å². The van der Waals surface area contributed by atoms with Crippen LogP contribution in [0.4, 0.5) is 13.6 Å². The minimum Gasteiger partial charge on any atom is -0.490 e. The van der Waals surface area contributed by atoms with Gasteiger partial charge in [-0.1, -0.05) is 25.4 Å². The predicted octanol–water partition coefficient (Wildman–Crippen LogP) is 5.43. The molecule has 2 aromatic rings. The van der Waals surface area contributed by atoms with Gasteiger partial charge in [0.05, 0.1) is 11.6 Å². The molecule has 0 unspecified atom stereocenters. The fraction of sp³-hybridized carbons (Fsp3) is 0.316. The smallest absolute Gasteiger partial charge is 0.407 e. The maximum Gasteiger partial charge on any atom is 0.407 e. The van der Waals surface area contributed by atoms with Crippen LogP contribution < -0.4 is 9.47 Å². The number of carboxylic acid groups (broad SMARTS) is 1. The van der Waals surface area contributed by atoms with Crippen LogP contribution in [0.25, 0.3) is 0 Å². The van der Waals surface area contributed by atoms with Crippen LogP contribution in [0, 0.1) is 17.6 Å². The zero-order valence-corrected chi connectivity index (χ0v) is 15.7. The summed E-state index contributed by atoms with van der Waals surface area (Å²) in [7, 11) is 0. The minimum absolute atomic E-state index is 0.00280. The van der Waals surface area contributed by atoms with Crippen LogP contribution in [0.3, 0.4) is 0 Å². The number of hydrogen-bond donors (Lipinski definition) is 1. The summed E-state index contributed by atoms with van der Waals surface area (Å²) in [5.41, 5.74) is 0. The number of benzene rings is 2. The summed E-state index contributed by atoms with van der Waals surface area (Å²) in [5, 5.41) is 9.40. The maximum absolute atomic E-state index is 13.2. The monoisotopic (exact) mass is 399 g/mol. The third-order valence-corrected chi connectivity index (χ3v) is 3.75. The first-order chi connectivity index (χ1) is 12.7. The maximum atomic E-state index is 13.2. The molecule has 2 rings (SSSR count). The van der Waals surface area contributed by atoms with Crippen molar-refractivity contribution in [2.45, 2.75) is 13.8 Å². The standard InChI is InChI=1S/C19H20ClF2NO4/c1-12(2)11-23(19(24)25)5-6-26-18-4-3-15(10-17(18)20)27-16-8-13(21)7-14(22)9-16/h3-4,7-10,12H,5-6,11H2,1-2H3,(H,24,25). The van der Waals surface area contributed by atoms with E-state index in [1.54, 1.807) is 6.07 Å². The molecule has 0 aliphatic heterocycles. The predicted molar refractivity (Wildman–Crippen MR) is 97.8 cm³/mol. The van der Waals surface area contributed by atoms with Crippen LogP contribution in [0.5, 0.6) is 17.2 Å². The minimum atomic E-state index is -1.01. The van der Waals surface area contributed by atoms with Crippen molar-refractivity contribution in [3.8, 4) is 17.2 Å². The third-order valence-electron chi connectivity index (χ3n) is 3.45. The van der Waals surface area contributed by atoms with E-state index in [1.807, 2.05) is 13.8 Å². The van der Waals surface area contributed by atoms with Crippen molar-refractivity contribution in [2.24, 2.45) is 5.92 Å². The summed E-state index contributed by atoms with van der Waals surface area (Å²) < 4.78 is 37.3. The fourth-order valence-electron chi connectivity index (χ4n) is 2.36. The van der Waals surface area contributed by atoms with E-state index in [0.29, 0.717) is 12.3 Å². The summed E-state index contributed by atoms with van der Waals surface area (Å²) in [6.07, 6.45) is -1.01. The zero-order chi connectivity index (χ0) is 20.0. The van der Waals surface area contributed by atoms with E-state index in [4.69, 9.17) is 26.2 Å². The molecule has 1 amide bonds. The Bertz CT molecular complexity index is 781. The number of hydrogen-bond acceptors (Lipinski definition) is 3. The van der Waals surface area contributed by atoms with Crippen molar-refractivity contribution in [1.82, 2.24) is 4.90 Å². The molecule has 0 fully saturated rings. The van der Waals surface area contributed by atoms with Crippen LogP contribution in [0.1, 0.15) is 13.8 Å². The molecule has 0 radical (unpaired) electrons. The normalized spacial score (nSPS) is 10.7. The van der Waals surface area contributed by atoms with Crippen LogP contribution in [-0.2, 0) is 0 Å². The molecule has 0 aliphatic carbocycles. The van der Waals surface area contributed by atoms with Crippen molar-refractivity contribution in [2.75, 3.05) is 19.7 Å². The van der Waals surface area contributed by atoms with Gasteiger partial charge in [-0.15, -0.1) is 0 Å². The van der Waals surface area contributed by atoms with Crippen molar-refractivity contribution in [1.29, 1.82) is 0 Å². The molecule has 146 valence electrons. The van der Waals surface area contributed by atoms with Crippen LogP contribution in [0.2, 0.25) is 5.02 Å². The highest BCUT2D eigenvalue weighted by Gasteiger charge is 2.14. The van der Waals surface area contributed by atoms with Gasteiger partial charge in [-0.3, -0.25) is 0 Å². The summed E-state index contributed by atoms with van der Waals surface area (Å²) in [6, 6.07) is 7.38. The Hall–Kier alpha value is -2.54. The Morgan fingerprint density at radius 3 is 2.37 bits per heavy atom.